The van der Waals surface area contributed by atoms with E-state index >= 15 is 0 Å². The van der Waals surface area contributed by atoms with Gasteiger partial charge in [-0.1, -0.05) is 22.0 Å². The number of methoxy groups -OCH3 is 2. The van der Waals surface area contributed by atoms with Crippen LogP contribution in [0.2, 0.25) is 0 Å². The van der Waals surface area contributed by atoms with Gasteiger partial charge in [-0.05, 0) is 42.3 Å². The molecule has 0 bridgehead atoms. The van der Waals surface area contributed by atoms with Crippen molar-refractivity contribution in [3.63, 3.8) is 0 Å². The van der Waals surface area contributed by atoms with Crippen LogP contribution in [-0.2, 0) is 6.54 Å². The summed E-state index contributed by atoms with van der Waals surface area (Å²) in [5.41, 5.74) is 2.98. The van der Waals surface area contributed by atoms with Crippen LogP contribution < -0.4 is 14.8 Å². The minimum atomic E-state index is 0.135. The van der Waals surface area contributed by atoms with Gasteiger partial charge >= 0.3 is 0 Å². The summed E-state index contributed by atoms with van der Waals surface area (Å²) in [6.07, 6.45) is 0. The molecule has 0 amide bonds. The van der Waals surface area contributed by atoms with Gasteiger partial charge in [0.15, 0.2) is 11.5 Å². The summed E-state index contributed by atoms with van der Waals surface area (Å²) in [6, 6.07) is 9.29. The normalized spacial score (nSPS) is 10.3. The van der Waals surface area contributed by atoms with Crippen LogP contribution >= 0.6 is 15.9 Å². The summed E-state index contributed by atoms with van der Waals surface area (Å²) in [5, 5.41) is 13.1. The first-order valence-corrected chi connectivity index (χ1v) is 7.28. The van der Waals surface area contributed by atoms with Crippen molar-refractivity contribution >= 4 is 21.6 Å². The minimum absolute atomic E-state index is 0.135. The third-order valence-corrected chi connectivity index (χ3v) is 3.65. The van der Waals surface area contributed by atoms with E-state index in [1.54, 1.807) is 19.2 Å². The summed E-state index contributed by atoms with van der Waals surface area (Å²) in [7, 11) is 3.18. The quantitative estimate of drug-likeness (QED) is 0.851. The molecule has 21 heavy (non-hydrogen) atoms. The van der Waals surface area contributed by atoms with Crippen molar-refractivity contribution in [3.8, 4) is 17.2 Å². The van der Waals surface area contributed by atoms with Gasteiger partial charge in [-0.25, -0.2) is 0 Å². The highest BCUT2D eigenvalue weighted by Gasteiger charge is 2.09. The molecule has 0 aliphatic heterocycles. The van der Waals surface area contributed by atoms with Crippen molar-refractivity contribution in [2.45, 2.75) is 13.5 Å². The van der Waals surface area contributed by atoms with Crippen LogP contribution in [0.25, 0.3) is 0 Å². The predicted molar refractivity (Wildman–Crippen MR) is 87.4 cm³/mol. The topological polar surface area (TPSA) is 50.7 Å². The van der Waals surface area contributed by atoms with E-state index in [0.717, 1.165) is 27.0 Å². The molecule has 0 spiro atoms. The van der Waals surface area contributed by atoms with Gasteiger partial charge in [-0.3, -0.25) is 0 Å². The fourth-order valence-corrected chi connectivity index (χ4v) is 2.69. The Morgan fingerprint density at radius 2 is 1.81 bits per heavy atom. The largest absolute Gasteiger partial charge is 0.504 e. The lowest BCUT2D eigenvalue weighted by Crippen LogP contribution is -2.03. The van der Waals surface area contributed by atoms with Crippen LogP contribution in [0.1, 0.15) is 11.1 Å². The number of nitrogens with one attached hydrogen (secondary N) is 1. The standard InChI is InChI=1S/C16H18BrNO3/c1-10-6-12(17)8-15(21-3)16(10)18-9-11-4-5-14(20-2)13(19)7-11/h4-8,18-19H,9H2,1-3H3. The number of phenols is 1. The predicted octanol–water partition coefficient (Wildman–Crippen LogP) is 4.09. The molecule has 112 valence electrons. The molecule has 4 nitrogen and oxygen atoms in total. The Hall–Kier alpha value is -1.88. The number of aromatic hydroxyl groups is 1. The maximum absolute atomic E-state index is 9.80. The van der Waals surface area contributed by atoms with E-state index in [4.69, 9.17) is 9.47 Å². The van der Waals surface area contributed by atoms with Crippen molar-refractivity contribution in [1.29, 1.82) is 0 Å². The van der Waals surface area contributed by atoms with Gasteiger partial charge in [0.05, 0.1) is 19.9 Å². The molecule has 0 heterocycles. The van der Waals surface area contributed by atoms with Crippen LogP contribution in [0.3, 0.4) is 0 Å². The van der Waals surface area contributed by atoms with E-state index in [-0.39, 0.29) is 5.75 Å². The average Bonchev–Trinajstić information content (AvgIpc) is 2.45. The molecule has 0 radical (unpaired) electrons. The van der Waals surface area contributed by atoms with Crippen molar-refractivity contribution in [3.05, 3.63) is 45.9 Å². The zero-order chi connectivity index (χ0) is 15.4. The van der Waals surface area contributed by atoms with Crippen LogP contribution in [-0.4, -0.2) is 19.3 Å². The van der Waals surface area contributed by atoms with Crippen LogP contribution in [0.5, 0.6) is 17.2 Å². The Labute approximate surface area is 132 Å². The number of anilines is 1. The lowest BCUT2D eigenvalue weighted by Gasteiger charge is -2.15. The lowest BCUT2D eigenvalue weighted by molar-refractivity contribution is 0.373. The van der Waals surface area contributed by atoms with E-state index in [9.17, 15) is 5.11 Å². The van der Waals surface area contributed by atoms with Crippen molar-refractivity contribution in [2.24, 2.45) is 0 Å². The van der Waals surface area contributed by atoms with E-state index in [1.165, 1.54) is 7.11 Å². The van der Waals surface area contributed by atoms with Gasteiger partial charge in [0.1, 0.15) is 5.75 Å². The van der Waals surface area contributed by atoms with Gasteiger partial charge in [-0.2, -0.15) is 0 Å². The van der Waals surface area contributed by atoms with Crippen molar-refractivity contribution < 1.29 is 14.6 Å². The number of aryl methyl sites for hydroxylation is 1. The van der Waals surface area contributed by atoms with Gasteiger partial charge in [0, 0.05) is 11.0 Å². The highest BCUT2D eigenvalue weighted by molar-refractivity contribution is 9.10. The second kappa shape index (κ2) is 6.72. The Balaban J connectivity index is 2.18. The molecule has 5 heteroatoms. The highest BCUT2D eigenvalue weighted by Crippen LogP contribution is 2.33. The first kappa shape index (κ1) is 15.5. The molecule has 0 unspecified atom stereocenters. The van der Waals surface area contributed by atoms with E-state index in [1.807, 2.05) is 25.1 Å². The first-order valence-electron chi connectivity index (χ1n) is 6.49. The van der Waals surface area contributed by atoms with Crippen LogP contribution in [0.4, 0.5) is 5.69 Å². The fraction of sp³-hybridized carbons (Fsp3) is 0.250. The fourth-order valence-electron chi connectivity index (χ4n) is 2.14. The molecule has 0 fully saturated rings. The number of hydrogen-bond acceptors (Lipinski definition) is 4. The molecule has 2 aromatic carbocycles. The molecule has 2 aromatic rings. The molecule has 0 saturated heterocycles. The maximum atomic E-state index is 9.80. The zero-order valence-corrected chi connectivity index (χ0v) is 13.8. The molecule has 2 N–H and O–H groups in total. The Kier molecular flexibility index (Phi) is 4.96. The number of rotatable bonds is 5. The van der Waals surface area contributed by atoms with Crippen LogP contribution in [0.15, 0.2) is 34.8 Å². The molecule has 2 rings (SSSR count). The monoisotopic (exact) mass is 351 g/mol. The third-order valence-electron chi connectivity index (χ3n) is 3.20. The summed E-state index contributed by atoms with van der Waals surface area (Å²) >= 11 is 3.45. The number of halogens is 1. The van der Waals surface area contributed by atoms with E-state index < -0.39 is 0 Å². The van der Waals surface area contributed by atoms with Gasteiger partial charge in [0.2, 0.25) is 0 Å². The summed E-state index contributed by atoms with van der Waals surface area (Å²) < 4.78 is 11.4. The Bertz CT molecular complexity index is 644. The van der Waals surface area contributed by atoms with Gasteiger partial charge < -0.3 is 19.9 Å². The summed E-state index contributed by atoms with van der Waals surface area (Å²) in [4.78, 5) is 0. The van der Waals surface area contributed by atoms with Crippen molar-refractivity contribution in [1.82, 2.24) is 0 Å². The smallest absolute Gasteiger partial charge is 0.160 e. The highest BCUT2D eigenvalue weighted by atomic mass is 79.9. The number of hydrogen-bond donors (Lipinski definition) is 2. The first-order chi connectivity index (χ1) is 10.0. The number of phenolic OH excluding ortho intramolecular Hbond substituents is 1. The molecule has 0 aliphatic carbocycles. The molecule has 0 aromatic heterocycles. The minimum Gasteiger partial charge on any atom is -0.504 e. The second-order valence-electron chi connectivity index (χ2n) is 4.66. The average molecular weight is 352 g/mol. The lowest BCUT2D eigenvalue weighted by atomic mass is 10.1. The molecule has 0 atom stereocenters. The molecular formula is C16H18BrNO3. The molecule has 0 saturated carbocycles. The Morgan fingerprint density at radius 3 is 2.43 bits per heavy atom. The van der Waals surface area contributed by atoms with Gasteiger partial charge in [-0.15, -0.1) is 0 Å². The third kappa shape index (κ3) is 3.61. The van der Waals surface area contributed by atoms with Crippen molar-refractivity contribution in [2.75, 3.05) is 19.5 Å². The number of benzene rings is 2. The van der Waals surface area contributed by atoms with E-state index in [0.29, 0.717) is 12.3 Å². The number of ether oxygens (including phenoxy) is 2. The van der Waals surface area contributed by atoms with E-state index in [2.05, 4.69) is 21.2 Å². The SMILES string of the molecule is COc1ccc(CNc2c(C)cc(Br)cc2OC)cc1O. The summed E-state index contributed by atoms with van der Waals surface area (Å²) in [5.74, 6) is 1.38. The Morgan fingerprint density at radius 1 is 1.10 bits per heavy atom. The maximum Gasteiger partial charge on any atom is 0.160 e. The van der Waals surface area contributed by atoms with Gasteiger partial charge in [0.25, 0.3) is 0 Å². The second-order valence-corrected chi connectivity index (χ2v) is 5.58. The molecule has 0 aliphatic rings. The summed E-state index contributed by atoms with van der Waals surface area (Å²) in [6.45, 7) is 2.59. The molecular weight excluding hydrogens is 334 g/mol. The zero-order valence-electron chi connectivity index (χ0n) is 12.2. The van der Waals surface area contributed by atoms with Crippen LogP contribution in [0, 0.1) is 6.92 Å².